The Bertz CT molecular complexity index is 357. The van der Waals surface area contributed by atoms with Crippen molar-refractivity contribution < 1.29 is 0 Å². The highest BCUT2D eigenvalue weighted by Gasteiger charge is 2.28. The maximum absolute atomic E-state index is 5.70. The van der Waals surface area contributed by atoms with Gasteiger partial charge in [-0.1, -0.05) is 0 Å². The maximum Gasteiger partial charge on any atom is 0.171 e. The molecule has 0 spiro atoms. The van der Waals surface area contributed by atoms with Crippen LogP contribution in [0.4, 0.5) is 17.3 Å². The zero-order valence-electron chi connectivity index (χ0n) is 8.07. The molecule has 1 aliphatic carbocycles. The zero-order chi connectivity index (χ0) is 10.3. The smallest absolute Gasteiger partial charge is 0.171 e. The van der Waals surface area contributed by atoms with Gasteiger partial charge >= 0.3 is 0 Å². The topological polar surface area (TPSA) is 107 Å². The first kappa shape index (κ1) is 9.01. The molecule has 0 atom stereocenters. The van der Waals surface area contributed by atoms with Gasteiger partial charge in [-0.2, -0.15) is 0 Å². The zero-order valence-corrected chi connectivity index (χ0v) is 8.07. The average molecular weight is 194 g/mol. The highest BCUT2D eigenvalue weighted by atomic mass is 15.4. The molecule has 1 saturated carbocycles. The van der Waals surface area contributed by atoms with E-state index in [-0.39, 0.29) is 0 Å². The molecule has 1 heterocycles. The molecule has 1 fully saturated rings. The number of aromatic nitrogens is 2. The molecule has 14 heavy (non-hydrogen) atoms. The van der Waals surface area contributed by atoms with Crippen molar-refractivity contribution >= 4 is 17.3 Å². The van der Waals surface area contributed by atoms with Gasteiger partial charge in [0.1, 0.15) is 11.5 Å². The normalized spacial score (nSPS) is 15.6. The summed E-state index contributed by atoms with van der Waals surface area (Å²) >= 11 is 0. The predicted molar refractivity (Wildman–Crippen MR) is 55.4 cm³/mol. The Morgan fingerprint density at radius 2 is 1.93 bits per heavy atom. The van der Waals surface area contributed by atoms with Crippen molar-refractivity contribution in [3.8, 4) is 0 Å². The summed E-state index contributed by atoms with van der Waals surface area (Å²) in [5, 5.41) is 1.36. The molecule has 0 aromatic carbocycles. The van der Waals surface area contributed by atoms with Gasteiger partial charge in [-0.3, -0.25) is 5.01 Å². The van der Waals surface area contributed by atoms with Gasteiger partial charge in [0.05, 0.1) is 0 Å². The van der Waals surface area contributed by atoms with E-state index >= 15 is 0 Å². The van der Waals surface area contributed by atoms with E-state index in [4.69, 9.17) is 17.3 Å². The largest absolute Gasteiger partial charge is 0.393 e. The number of hydrazine groups is 1. The summed E-state index contributed by atoms with van der Waals surface area (Å²) in [6, 6.07) is 0. The minimum atomic E-state index is 0.314. The van der Waals surface area contributed by atoms with Crippen LogP contribution in [0, 0.1) is 0 Å². The molecule has 2 rings (SSSR count). The van der Waals surface area contributed by atoms with Crippen LogP contribution in [0.5, 0.6) is 0 Å². The molecular weight excluding hydrogens is 180 g/mol. The number of nitrogens with zero attached hydrogens (tertiary/aromatic N) is 3. The van der Waals surface area contributed by atoms with E-state index in [1.807, 2.05) is 0 Å². The molecular formula is C8H14N6. The lowest BCUT2D eigenvalue weighted by Crippen LogP contribution is -2.28. The van der Waals surface area contributed by atoms with Gasteiger partial charge in [0.2, 0.25) is 0 Å². The van der Waals surface area contributed by atoms with Gasteiger partial charge in [-0.15, -0.1) is 0 Å². The Morgan fingerprint density at radius 1 is 1.29 bits per heavy atom. The second kappa shape index (κ2) is 2.98. The van der Waals surface area contributed by atoms with E-state index in [2.05, 4.69) is 9.97 Å². The van der Waals surface area contributed by atoms with Gasteiger partial charge in [0.25, 0.3) is 0 Å². The van der Waals surface area contributed by atoms with Gasteiger partial charge in [0, 0.05) is 13.0 Å². The quantitative estimate of drug-likeness (QED) is 0.445. The first-order valence-electron chi connectivity index (χ1n) is 4.51. The van der Waals surface area contributed by atoms with E-state index < -0.39 is 0 Å². The summed E-state index contributed by atoms with van der Waals surface area (Å²) < 4.78 is 0. The molecule has 6 heteroatoms. The number of hydrogen-bond donors (Lipinski definition) is 3. The van der Waals surface area contributed by atoms with Gasteiger partial charge in [-0.05, 0) is 12.8 Å². The summed E-state index contributed by atoms with van der Waals surface area (Å²) in [6.45, 7) is 0. The summed E-state index contributed by atoms with van der Waals surface area (Å²) in [4.78, 5) is 8.42. The van der Waals surface area contributed by atoms with Crippen LogP contribution in [0.25, 0.3) is 0 Å². The molecule has 0 unspecified atom stereocenters. The fourth-order valence-corrected chi connectivity index (χ4v) is 1.28. The van der Waals surface area contributed by atoms with Crippen LogP contribution in [-0.4, -0.2) is 17.0 Å². The highest BCUT2D eigenvalue weighted by molar-refractivity contribution is 5.73. The Hall–Kier alpha value is -1.56. The summed E-state index contributed by atoms with van der Waals surface area (Å²) in [7, 11) is 1.68. The third kappa shape index (κ3) is 1.44. The average Bonchev–Trinajstić information content (AvgIpc) is 2.91. The molecule has 0 amide bonds. The monoisotopic (exact) mass is 194 g/mol. The second-order valence-electron chi connectivity index (χ2n) is 3.59. The second-order valence-corrected chi connectivity index (χ2v) is 3.59. The van der Waals surface area contributed by atoms with Crippen molar-refractivity contribution in [3.05, 3.63) is 5.82 Å². The SMILES string of the molecule is CN(N)c1nc(C2CC2)nc(N)c1N. The van der Waals surface area contributed by atoms with Crippen LogP contribution in [0.3, 0.4) is 0 Å². The number of hydrogen-bond acceptors (Lipinski definition) is 6. The fourth-order valence-electron chi connectivity index (χ4n) is 1.28. The molecule has 1 aliphatic rings. The standard InChI is InChI=1S/C8H14N6/c1-14(11)8-5(9)6(10)12-7(13-8)4-2-3-4/h4H,2-3,9,11H2,1H3,(H2,10,12,13). The molecule has 1 aromatic rings. The number of rotatable bonds is 2. The molecule has 6 nitrogen and oxygen atoms in total. The van der Waals surface area contributed by atoms with Crippen molar-refractivity contribution in [2.75, 3.05) is 23.5 Å². The highest BCUT2D eigenvalue weighted by Crippen LogP contribution is 2.39. The minimum Gasteiger partial charge on any atom is -0.393 e. The molecule has 0 aliphatic heterocycles. The third-order valence-electron chi connectivity index (χ3n) is 2.25. The van der Waals surface area contributed by atoms with Crippen LogP contribution < -0.4 is 22.3 Å². The lowest BCUT2D eigenvalue weighted by atomic mass is 10.3. The van der Waals surface area contributed by atoms with E-state index in [1.165, 1.54) is 5.01 Å². The van der Waals surface area contributed by atoms with Crippen LogP contribution in [-0.2, 0) is 0 Å². The van der Waals surface area contributed by atoms with Gasteiger partial charge in [0.15, 0.2) is 11.6 Å². The Balaban J connectivity index is 2.46. The molecule has 6 N–H and O–H groups in total. The number of nitrogen functional groups attached to an aromatic ring is 2. The molecule has 0 radical (unpaired) electrons. The van der Waals surface area contributed by atoms with E-state index in [9.17, 15) is 0 Å². The minimum absolute atomic E-state index is 0.314. The van der Waals surface area contributed by atoms with Crippen molar-refractivity contribution in [2.24, 2.45) is 5.84 Å². The molecule has 0 bridgehead atoms. The van der Waals surface area contributed by atoms with E-state index in [0.29, 0.717) is 23.2 Å². The Labute approximate surface area is 82.1 Å². The van der Waals surface area contributed by atoms with E-state index in [1.54, 1.807) is 7.05 Å². The summed E-state index contributed by atoms with van der Waals surface area (Å²) in [6.07, 6.45) is 2.24. The van der Waals surface area contributed by atoms with E-state index in [0.717, 1.165) is 18.7 Å². The van der Waals surface area contributed by atoms with Crippen molar-refractivity contribution in [3.63, 3.8) is 0 Å². The van der Waals surface area contributed by atoms with Crippen molar-refractivity contribution in [1.82, 2.24) is 9.97 Å². The molecule has 1 aromatic heterocycles. The lowest BCUT2D eigenvalue weighted by Gasteiger charge is -2.15. The van der Waals surface area contributed by atoms with Crippen LogP contribution in [0.1, 0.15) is 24.6 Å². The first-order valence-corrected chi connectivity index (χ1v) is 4.51. The van der Waals surface area contributed by atoms with Crippen LogP contribution >= 0.6 is 0 Å². The van der Waals surface area contributed by atoms with Gasteiger partial charge < -0.3 is 11.5 Å². The first-order chi connectivity index (χ1) is 6.59. The van der Waals surface area contributed by atoms with Crippen LogP contribution in [0.15, 0.2) is 0 Å². The number of anilines is 3. The molecule has 76 valence electrons. The van der Waals surface area contributed by atoms with Crippen molar-refractivity contribution in [1.29, 1.82) is 0 Å². The number of nitrogens with two attached hydrogens (primary N) is 3. The lowest BCUT2D eigenvalue weighted by molar-refractivity contribution is 0.893. The summed E-state index contributed by atoms with van der Waals surface area (Å²) in [5.41, 5.74) is 11.7. The fraction of sp³-hybridized carbons (Fsp3) is 0.500. The maximum atomic E-state index is 5.70. The molecule has 0 saturated heterocycles. The third-order valence-corrected chi connectivity index (χ3v) is 2.25. The Kier molecular flexibility index (Phi) is 1.92. The van der Waals surface area contributed by atoms with Crippen molar-refractivity contribution in [2.45, 2.75) is 18.8 Å². The predicted octanol–water partition coefficient (Wildman–Crippen LogP) is -0.172. The Morgan fingerprint density at radius 3 is 2.43 bits per heavy atom. The van der Waals surface area contributed by atoms with Crippen LogP contribution in [0.2, 0.25) is 0 Å². The summed E-state index contributed by atoms with van der Waals surface area (Å²) in [5.74, 6) is 7.59. The van der Waals surface area contributed by atoms with Gasteiger partial charge in [-0.25, -0.2) is 15.8 Å².